The minimum Gasteiger partial charge on any atom is -0.426 e. The lowest BCUT2D eigenvalue weighted by Crippen LogP contribution is -2.50. The van der Waals surface area contributed by atoms with Gasteiger partial charge >= 0.3 is 24.6 Å². The highest BCUT2D eigenvalue weighted by Gasteiger charge is 2.60. The molecule has 1 aromatic carbocycles. The average Bonchev–Trinajstić information content (AvgIpc) is 3.57. The lowest BCUT2D eigenvalue weighted by Gasteiger charge is -2.39. The van der Waals surface area contributed by atoms with E-state index >= 15 is 0 Å². The first-order valence-electron chi connectivity index (χ1n) is 13.4. The maximum absolute atomic E-state index is 13.5. The fourth-order valence-corrected chi connectivity index (χ4v) is 6.52. The van der Waals surface area contributed by atoms with Gasteiger partial charge in [0.25, 0.3) is 6.10 Å². The van der Waals surface area contributed by atoms with Crippen molar-refractivity contribution in [3.8, 4) is 0 Å². The normalized spacial score (nSPS) is 25.4. The highest BCUT2D eigenvalue weighted by molar-refractivity contribution is 5.68. The van der Waals surface area contributed by atoms with Gasteiger partial charge in [-0.25, -0.2) is 4.79 Å². The number of hydrogen-bond donors (Lipinski definition) is 0. The molecule has 0 saturated carbocycles. The molecule has 1 aromatic rings. The van der Waals surface area contributed by atoms with Crippen molar-refractivity contribution in [2.75, 3.05) is 57.4 Å². The van der Waals surface area contributed by atoms with Gasteiger partial charge in [-0.05, 0) is 48.9 Å². The number of ether oxygens (including phenoxy) is 2. The maximum atomic E-state index is 13.5. The van der Waals surface area contributed by atoms with E-state index in [1.807, 2.05) is 4.90 Å². The minimum atomic E-state index is -5.78. The Kier molecular flexibility index (Phi) is 7.84. The van der Waals surface area contributed by atoms with Gasteiger partial charge in [-0.1, -0.05) is 6.07 Å². The number of piperidine rings is 1. The number of amides is 1. The molecule has 4 aliphatic rings. The van der Waals surface area contributed by atoms with E-state index < -0.39 is 36.3 Å². The van der Waals surface area contributed by atoms with Gasteiger partial charge in [0.05, 0.1) is 18.8 Å². The van der Waals surface area contributed by atoms with Crippen LogP contribution in [-0.2, 0) is 22.2 Å². The summed E-state index contributed by atoms with van der Waals surface area (Å²) < 4.78 is 127. The van der Waals surface area contributed by atoms with Gasteiger partial charge in [-0.15, -0.1) is 0 Å². The molecule has 5 rings (SSSR count). The van der Waals surface area contributed by atoms with E-state index in [4.69, 9.17) is 4.74 Å². The summed E-state index contributed by atoms with van der Waals surface area (Å²) in [6, 6.07) is 3.77. The van der Waals surface area contributed by atoms with Crippen LogP contribution in [0.25, 0.3) is 0 Å². The average molecular weight is 604 g/mol. The fourth-order valence-electron chi connectivity index (χ4n) is 6.52. The Morgan fingerprint density at radius 2 is 1.51 bits per heavy atom. The molecule has 4 aliphatic heterocycles. The third-order valence-corrected chi connectivity index (χ3v) is 8.80. The molecule has 0 aliphatic carbocycles. The molecule has 6 nitrogen and oxygen atoms in total. The van der Waals surface area contributed by atoms with Crippen LogP contribution in [0.5, 0.6) is 0 Å². The first-order chi connectivity index (χ1) is 19.0. The Morgan fingerprint density at radius 3 is 2.07 bits per heavy atom. The van der Waals surface area contributed by atoms with Crippen LogP contribution < -0.4 is 4.90 Å². The molecule has 41 heavy (non-hydrogen) atoms. The summed E-state index contributed by atoms with van der Waals surface area (Å²) in [4.78, 5) is 17.1. The number of benzene rings is 1. The van der Waals surface area contributed by atoms with E-state index in [-0.39, 0.29) is 30.3 Å². The summed E-state index contributed by atoms with van der Waals surface area (Å²) in [5.41, 5.74) is 0.261. The lowest BCUT2D eigenvalue weighted by atomic mass is 9.78. The highest BCUT2D eigenvalue weighted by Crippen LogP contribution is 2.43. The SMILES string of the molecule is O=C(OC(C(F)(F)F)C(F)(F)F)N1CCC2(CCN(Cc3ccc(C(F)(F)F)cc3N3CC4COCC4C3)C2)CC1. The van der Waals surface area contributed by atoms with Crippen LogP contribution in [0, 0.1) is 17.3 Å². The first kappa shape index (κ1) is 30.1. The Bertz CT molecular complexity index is 1090. The minimum absolute atomic E-state index is 0.0563. The molecule has 2 unspecified atom stereocenters. The van der Waals surface area contributed by atoms with Gasteiger partial charge in [-0.2, -0.15) is 39.5 Å². The number of fused-ring (bicyclic) bond motifs is 1. The van der Waals surface area contributed by atoms with Crippen molar-refractivity contribution in [2.24, 2.45) is 17.3 Å². The van der Waals surface area contributed by atoms with Crippen LogP contribution in [0.2, 0.25) is 0 Å². The van der Waals surface area contributed by atoms with E-state index in [0.29, 0.717) is 70.9 Å². The Balaban J connectivity index is 1.22. The molecule has 2 atom stereocenters. The number of carbonyl (C=O) groups excluding carboxylic acids is 1. The number of nitrogens with zero attached hydrogens (tertiary/aromatic N) is 3. The third-order valence-electron chi connectivity index (χ3n) is 8.80. The summed E-state index contributed by atoms with van der Waals surface area (Å²) in [6.45, 7) is 3.83. The molecule has 0 N–H and O–H groups in total. The van der Waals surface area contributed by atoms with Gasteiger partial charge in [0, 0.05) is 56.8 Å². The first-order valence-corrected chi connectivity index (χ1v) is 13.4. The van der Waals surface area contributed by atoms with Crippen molar-refractivity contribution in [1.29, 1.82) is 0 Å². The molecular weight excluding hydrogens is 573 g/mol. The largest absolute Gasteiger partial charge is 0.434 e. The van der Waals surface area contributed by atoms with Crippen molar-refractivity contribution < 1.29 is 53.8 Å². The summed E-state index contributed by atoms with van der Waals surface area (Å²) >= 11 is 0. The van der Waals surface area contributed by atoms with E-state index in [1.165, 1.54) is 12.1 Å². The van der Waals surface area contributed by atoms with Crippen LogP contribution in [0.4, 0.5) is 50.0 Å². The number of hydrogen-bond acceptors (Lipinski definition) is 5. The summed E-state index contributed by atoms with van der Waals surface area (Å²) in [7, 11) is 0. The summed E-state index contributed by atoms with van der Waals surface area (Å²) in [6.07, 6.45) is -20.5. The Labute approximate surface area is 230 Å². The smallest absolute Gasteiger partial charge is 0.426 e. The number of carbonyl (C=O) groups is 1. The van der Waals surface area contributed by atoms with Crippen molar-refractivity contribution in [3.05, 3.63) is 29.3 Å². The predicted octanol–water partition coefficient (Wildman–Crippen LogP) is 5.71. The summed E-state index contributed by atoms with van der Waals surface area (Å²) in [5.74, 6) is 0.540. The molecule has 1 amide bonds. The number of alkyl halides is 9. The molecule has 4 heterocycles. The highest BCUT2D eigenvalue weighted by atomic mass is 19.4. The monoisotopic (exact) mass is 603 g/mol. The van der Waals surface area contributed by atoms with Crippen LogP contribution in [0.3, 0.4) is 0 Å². The van der Waals surface area contributed by atoms with Crippen molar-refractivity contribution >= 4 is 11.8 Å². The van der Waals surface area contributed by atoms with E-state index in [1.54, 1.807) is 0 Å². The van der Waals surface area contributed by atoms with Crippen LogP contribution in [0.1, 0.15) is 30.4 Å². The van der Waals surface area contributed by atoms with Gasteiger partial charge in [-0.3, -0.25) is 4.90 Å². The standard InChI is InChI=1S/C26H30F9N3O3/c27-24(28,29)19-2-1-16(20(9-19)38-11-17-13-40-14-18(17)12-38)10-36-6-3-23(15-36)4-7-37(8-5-23)22(39)41-21(25(30,31)32)26(33,34)35/h1-2,9,17-18,21H,3-8,10-15H2. The molecule has 15 heteroatoms. The Morgan fingerprint density at radius 1 is 0.927 bits per heavy atom. The number of halogens is 9. The molecule has 0 radical (unpaired) electrons. The topological polar surface area (TPSA) is 45.2 Å². The van der Waals surface area contributed by atoms with Crippen molar-refractivity contribution in [2.45, 2.75) is 50.4 Å². The predicted molar refractivity (Wildman–Crippen MR) is 127 cm³/mol. The van der Waals surface area contributed by atoms with Crippen LogP contribution in [-0.4, -0.2) is 86.8 Å². The quantitative estimate of drug-likeness (QED) is 0.413. The van der Waals surface area contributed by atoms with E-state index in [0.717, 1.165) is 16.5 Å². The van der Waals surface area contributed by atoms with Crippen molar-refractivity contribution in [3.63, 3.8) is 0 Å². The molecule has 0 bridgehead atoms. The van der Waals surface area contributed by atoms with E-state index in [2.05, 4.69) is 9.64 Å². The second-order valence-corrected chi connectivity index (χ2v) is 11.6. The van der Waals surface area contributed by atoms with Gasteiger partial charge in [0.15, 0.2) is 0 Å². The number of anilines is 1. The zero-order valence-electron chi connectivity index (χ0n) is 21.9. The summed E-state index contributed by atoms with van der Waals surface area (Å²) in [5, 5.41) is 0. The molecular formula is C26H30F9N3O3. The van der Waals surface area contributed by atoms with Crippen LogP contribution >= 0.6 is 0 Å². The van der Waals surface area contributed by atoms with Gasteiger partial charge in [0.2, 0.25) is 0 Å². The number of likely N-dealkylation sites (tertiary alicyclic amines) is 2. The van der Waals surface area contributed by atoms with Crippen molar-refractivity contribution in [1.82, 2.24) is 9.80 Å². The van der Waals surface area contributed by atoms with Gasteiger partial charge < -0.3 is 19.3 Å². The molecule has 230 valence electrons. The van der Waals surface area contributed by atoms with E-state index in [9.17, 15) is 44.3 Å². The molecule has 4 fully saturated rings. The zero-order valence-corrected chi connectivity index (χ0v) is 21.9. The Hall–Kier alpha value is -2.42. The third kappa shape index (κ3) is 6.50. The zero-order chi connectivity index (χ0) is 29.8. The maximum Gasteiger partial charge on any atom is 0.434 e. The number of rotatable bonds is 4. The van der Waals surface area contributed by atoms with Gasteiger partial charge in [0.1, 0.15) is 0 Å². The fraction of sp³-hybridized carbons (Fsp3) is 0.731. The molecule has 1 spiro atoms. The molecule has 4 saturated heterocycles. The second kappa shape index (κ2) is 10.7. The molecule has 0 aromatic heterocycles. The van der Waals surface area contributed by atoms with Crippen LogP contribution in [0.15, 0.2) is 18.2 Å². The lowest BCUT2D eigenvalue weighted by molar-refractivity contribution is -0.308. The second-order valence-electron chi connectivity index (χ2n) is 11.6.